The fourth-order valence-electron chi connectivity index (χ4n) is 2.34. The number of thioether (sulfide) groups is 1. The van der Waals surface area contributed by atoms with Crippen LogP contribution < -0.4 is 0 Å². The molecule has 96 valence electrons. The van der Waals surface area contributed by atoms with Crippen molar-refractivity contribution in [3.63, 3.8) is 0 Å². The van der Waals surface area contributed by atoms with Crippen molar-refractivity contribution in [2.75, 3.05) is 19.5 Å². The third-order valence-electron chi connectivity index (χ3n) is 3.41. The summed E-state index contributed by atoms with van der Waals surface area (Å²) in [7, 11) is 1.68. The molecule has 5 heteroatoms. The lowest BCUT2D eigenvalue weighted by molar-refractivity contribution is 0.0153. The van der Waals surface area contributed by atoms with Crippen molar-refractivity contribution in [1.82, 2.24) is 9.78 Å². The molecular weight excluding hydrogens is 236 g/mol. The summed E-state index contributed by atoms with van der Waals surface area (Å²) in [6.07, 6.45) is 3.63. The molecular formula is C12H20N2O2S. The van der Waals surface area contributed by atoms with Crippen LogP contribution in [0.15, 0.2) is 12.3 Å². The van der Waals surface area contributed by atoms with Crippen LogP contribution in [0.1, 0.15) is 25.5 Å². The maximum absolute atomic E-state index is 10.9. The molecule has 2 heterocycles. The molecule has 1 fully saturated rings. The minimum Gasteiger partial charge on any atom is -0.383 e. The number of hydrogen-bond donors (Lipinski definition) is 1. The van der Waals surface area contributed by atoms with Gasteiger partial charge in [0.05, 0.1) is 18.8 Å². The van der Waals surface area contributed by atoms with Gasteiger partial charge in [-0.05, 0) is 24.7 Å². The van der Waals surface area contributed by atoms with E-state index in [-0.39, 0.29) is 5.25 Å². The Bertz CT molecular complexity index is 369. The minimum absolute atomic E-state index is 0.217. The number of ether oxygens (including phenoxy) is 1. The molecule has 2 atom stereocenters. The summed E-state index contributed by atoms with van der Waals surface area (Å²) < 4.78 is 6.94. The number of hydrogen-bond acceptors (Lipinski definition) is 4. The lowest BCUT2D eigenvalue weighted by Gasteiger charge is -2.37. The Morgan fingerprint density at radius 1 is 1.71 bits per heavy atom. The van der Waals surface area contributed by atoms with Crippen molar-refractivity contribution >= 4 is 11.8 Å². The second kappa shape index (κ2) is 5.42. The highest BCUT2D eigenvalue weighted by molar-refractivity contribution is 8.00. The molecule has 2 unspecified atom stereocenters. The van der Waals surface area contributed by atoms with Gasteiger partial charge in [-0.25, -0.2) is 0 Å². The summed E-state index contributed by atoms with van der Waals surface area (Å²) in [6, 6.07) is 1.93. The molecule has 17 heavy (non-hydrogen) atoms. The van der Waals surface area contributed by atoms with Crippen LogP contribution >= 0.6 is 11.8 Å². The van der Waals surface area contributed by atoms with Gasteiger partial charge in [-0.3, -0.25) is 4.68 Å². The van der Waals surface area contributed by atoms with Gasteiger partial charge in [0.1, 0.15) is 5.60 Å². The highest BCUT2D eigenvalue weighted by Crippen LogP contribution is 2.41. The zero-order valence-corrected chi connectivity index (χ0v) is 11.2. The summed E-state index contributed by atoms with van der Waals surface area (Å²) in [6.45, 7) is 3.41. The third kappa shape index (κ3) is 2.51. The van der Waals surface area contributed by atoms with E-state index in [9.17, 15) is 5.11 Å². The van der Waals surface area contributed by atoms with E-state index in [0.717, 1.165) is 24.3 Å². The van der Waals surface area contributed by atoms with Crippen molar-refractivity contribution in [2.24, 2.45) is 0 Å². The van der Waals surface area contributed by atoms with E-state index < -0.39 is 5.60 Å². The predicted octanol–water partition coefficient (Wildman–Crippen LogP) is 1.63. The molecule has 0 saturated carbocycles. The Morgan fingerprint density at radius 3 is 3.24 bits per heavy atom. The molecule has 0 amide bonds. The van der Waals surface area contributed by atoms with Gasteiger partial charge in [-0.1, -0.05) is 6.92 Å². The highest BCUT2D eigenvalue weighted by atomic mass is 32.2. The van der Waals surface area contributed by atoms with Gasteiger partial charge in [0.15, 0.2) is 0 Å². The molecule has 1 aromatic heterocycles. The van der Waals surface area contributed by atoms with Gasteiger partial charge >= 0.3 is 0 Å². The molecule has 0 radical (unpaired) electrons. The minimum atomic E-state index is -0.743. The summed E-state index contributed by atoms with van der Waals surface area (Å²) in [5, 5.41) is 15.4. The molecule has 1 aromatic rings. The van der Waals surface area contributed by atoms with E-state index >= 15 is 0 Å². The average Bonchev–Trinajstić information content (AvgIpc) is 2.79. The van der Waals surface area contributed by atoms with E-state index in [1.807, 2.05) is 22.5 Å². The van der Waals surface area contributed by atoms with Crippen LogP contribution in [0.2, 0.25) is 0 Å². The Labute approximate surface area is 106 Å². The summed E-state index contributed by atoms with van der Waals surface area (Å²) in [4.78, 5) is 0. The SMILES string of the molecule is COCCn1nccc1C1(O)CCCSC1C. The second-order valence-corrected chi connectivity index (χ2v) is 5.92. The Balaban J connectivity index is 2.22. The number of rotatable bonds is 4. The molecule has 0 spiro atoms. The number of aliphatic hydroxyl groups is 1. The topological polar surface area (TPSA) is 47.3 Å². The van der Waals surface area contributed by atoms with Gasteiger partial charge in [-0.15, -0.1) is 0 Å². The van der Waals surface area contributed by atoms with E-state index in [2.05, 4.69) is 12.0 Å². The van der Waals surface area contributed by atoms with Crippen LogP contribution in [0.5, 0.6) is 0 Å². The number of aromatic nitrogens is 2. The van der Waals surface area contributed by atoms with Crippen LogP contribution in [-0.4, -0.2) is 39.6 Å². The summed E-state index contributed by atoms with van der Waals surface area (Å²) in [5.74, 6) is 1.13. The average molecular weight is 256 g/mol. The number of methoxy groups -OCH3 is 1. The molecule has 1 aliphatic rings. The fourth-order valence-corrected chi connectivity index (χ4v) is 3.51. The van der Waals surface area contributed by atoms with Gasteiger partial charge in [-0.2, -0.15) is 16.9 Å². The van der Waals surface area contributed by atoms with Crippen LogP contribution in [-0.2, 0) is 16.9 Å². The van der Waals surface area contributed by atoms with Crippen LogP contribution in [0.3, 0.4) is 0 Å². The first-order chi connectivity index (χ1) is 8.18. The monoisotopic (exact) mass is 256 g/mol. The molecule has 4 nitrogen and oxygen atoms in total. The lowest BCUT2D eigenvalue weighted by atomic mass is 9.90. The molecule has 1 aliphatic heterocycles. The van der Waals surface area contributed by atoms with Crippen molar-refractivity contribution in [2.45, 2.75) is 37.2 Å². The molecule has 0 aliphatic carbocycles. The molecule has 0 aromatic carbocycles. The molecule has 1 saturated heterocycles. The van der Waals surface area contributed by atoms with Crippen molar-refractivity contribution in [1.29, 1.82) is 0 Å². The van der Waals surface area contributed by atoms with Crippen LogP contribution in [0, 0.1) is 0 Å². The zero-order chi connectivity index (χ0) is 12.3. The van der Waals surface area contributed by atoms with Gasteiger partial charge in [0.25, 0.3) is 0 Å². The number of nitrogens with zero attached hydrogens (tertiary/aromatic N) is 2. The van der Waals surface area contributed by atoms with E-state index in [1.54, 1.807) is 13.3 Å². The quantitative estimate of drug-likeness (QED) is 0.889. The molecule has 0 bridgehead atoms. The maximum atomic E-state index is 10.9. The second-order valence-electron chi connectivity index (χ2n) is 4.47. The van der Waals surface area contributed by atoms with Crippen LogP contribution in [0.4, 0.5) is 0 Å². The largest absolute Gasteiger partial charge is 0.383 e. The Hall–Kier alpha value is -0.520. The van der Waals surface area contributed by atoms with Crippen molar-refractivity contribution in [3.8, 4) is 0 Å². The highest BCUT2D eigenvalue weighted by Gasteiger charge is 2.40. The summed E-state index contributed by atoms with van der Waals surface area (Å²) in [5.41, 5.74) is 0.182. The standard InChI is InChI=1S/C12H20N2O2S/c1-10-12(15,5-3-9-17-10)11-4-6-13-14(11)7-8-16-2/h4,6,10,15H,3,5,7-9H2,1-2H3. The fraction of sp³-hybridized carbons (Fsp3) is 0.750. The molecule has 2 rings (SSSR count). The first-order valence-corrected chi connectivity index (χ1v) is 7.08. The third-order valence-corrected chi connectivity index (χ3v) is 4.82. The van der Waals surface area contributed by atoms with Gasteiger partial charge in [0.2, 0.25) is 0 Å². The van der Waals surface area contributed by atoms with Crippen LogP contribution in [0.25, 0.3) is 0 Å². The summed E-state index contributed by atoms with van der Waals surface area (Å²) >= 11 is 1.83. The van der Waals surface area contributed by atoms with Gasteiger partial charge in [0, 0.05) is 18.6 Å². The first-order valence-electron chi connectivity index (χ1n) is 6.03. The Kier molecular flexibility index (Phi) is 4.12. The van der Waals surface area contributed by atoms with E-state index in [4.69, 9.17) is 4.74 Å². The van der Waals surface area contributed by atoms with E-state index in [0.29, 0.717) is 13.2 Å². The molecule has 1 N–H and O–H groups in total. The first kappa shape index (κ1) is 12.9. The maximum Gasteiger partial charge on any atom is 0.118 e. The Morgan fingerprint density at radius 2 is 2.53 bits per heavy atom. The zero-order valence-electron chi connectivity index (χ0n) is 10.4. The van der Waals surface area contributed by atoms with Crippen molar-refractivity contribution in [3.05, 3.63) is 18.0 Å². The van der Waals surface area contributed by atoms with Gasteiger partial charge < -0.3 is 9.84 Å². The normalized spacial score (nSPS) is 29.5. The van der Waals surface area contributed by atoms with Crippen molar-refractivity contribution < 1.29 is 9.84 Å². The van der Waals surface area contributed by atoms with E-state index in [1.165, 1.54) is 0 Å². The smallest absolute Gasteiger partial charge is 0.118 e. The predicted molar refractivity (Wildman–Crippen MR) is 69.2 cm³/mol. The lowest BCUT2D eigenvalue weighted by Crippen LogP contribution is -2.41.